The molecule has 0 heterocycles. The lowest BCUT2D eigenvalue weighted by atomic mass is 10.1. The van der Waals surface area contributed by atoms with E-state index in [1.54, 1.807) is 0 Å². The molecular weight excluding hydrogens is 239 g/mol. The number of nitrogens with one attached hydrogen (secondary N) is 1. The van der Waals surface area contributed by atoms with Crippen molar-refractivity contribution in [1.29, 1.82) is 0 Å². The lowest BCUT2D eigenvalue weighted by molar-refractivity contribution is -0.385. The molecule has 1 rings (SSSR count). The predicted octanol–water partition coefficient (Wildman–Crippen LogP) is 2.25. The standard InChI is InChI=1S/C12H17FN2O3/c1-9(2)18-6-5-14-8-10-7-11(13)3-4-12(10)15(16)17/h3-4,7,9,14H,5-6,8H2,1-2H3. The lowest BCUT2D eigenvalue weighted by Crippen LogP contribution is -2.21. The first-order chi connectivity index (χ1) is 8.50. The van der Waals surface area contributed by atoms with Crippen LogP contribution in [0.3, 0.4) is 0 Å². The van der Waals surface area contributed by atoms with Crippen molar-refractivity contribution >= 4 is 5.69 Å². The zero-order valence-corrected chi connectivity index (χ0v) is 10.5. The van der Waals surface area contributed by atoms with Crippen LogP contribution in [0.5, 0.6) is 0 Å². The van der Waals surface area contributed by atoms with Crippen LogP contribution < -0.4 is 5.32 Å². The molecule has 0 amide bonds. The molecule has 100 valence electrons. The summed E-state index contributed by atoms with van der Waals surface area (Å²) in [7, 11) is 0. The Bertz CT molecular complexity index is 410. The molecule has 1 N–H and O–H groups in total. The number of nitrogens with zero attached hydrogens (tertiary/aromatic N) is 1. The second kappa shape index (κ2) is 7.03. The Morgan fingerprint density at radius 2 is 2.22 bits per heavy atom. The molecule has 0 fully saturated rings. The van der Waals surface area contributed by atoms with E-state index in [9.17, 15) is 14.5 Å². The maximum absolute atomic E-state index is 13.0. The fourth-order valence-corrected chi connectivity index (χ4v) is 1.46. The van der Waals surface area contributed by atoms with E-state index in [-0.39, 0.29) is 18.3 Å². The third-order valence-electron chi connectivity index (χ3n) is 2.28. The highest BCUT2D eigenvalue weighted by Gasteiger charge is 2.13. The Morgan fingerprint density at radius 1 is 1.50 bits per heavy atom. The highest BCUT2D eigenvalue weighted by molar-refractivity contribution is 5.40. The van der Waals surface area contributed by atoms with Crippen LogP contribution >= 0.6 is 0 Å². The molecule has 18 heavy (non-hydrogen) atoms. The third-order valence-corrected chi connectivity index (χ3v) is 2.28. The smallest absolute Gasteiger partial charge is 0.274 e. The van der Waals surface area contributed by atoms with Crippen molar-refractivity contribution in [3.05, 3.63) is 39.7 Å². The van der Waals surface area contributed by atoms with Crippen LogP contribution in [0.2, 0.25) is 0 Å². The molecule has 0 unspecified atom stereocenters. The SMILES string of the molecule is CC(C)OCCNCc1cc(F)ccc1[N+](=O)[O-]. The van der Waals surface area contributed by atoms with E-state index in [0.29, 0.717) is 18.7 Å². The molecular formula is C12H17FN2O3. The fraction of sp³-hybridized carbons (Fsp3) is 0.500. The molecule has 0 saturated heterocycles. The molecule has 1 aromatic carbocycles. The molecule has 6 heteroatoms. The molecule has 0 atom stereocenters. The quantitative estimate of drug-likeness (QED) is 0.461. The molecule has 0 aliphatic carbocycles. The van der Waals surface area contributed by atoms with Crippen LogP contribution in [0.15, 0.2) is 18.2 Å². The summed E-state index contributed by atoms with van der Waals surface area (Å²) in [4.78, 5) is 10.2. The second-order valence-corrected chi connectivity index (χ2v) is 4.13. The van der Waals surface area contributed by atoms with E-state index >= 15 is 0 Å². The Balaban J connectivity index is 2.50. The van der Waals surface area contributed by atoms with E-state index < -0.39 is 10.7 Å². The van der Waals surface area contributed by atoms with E-state index in [1.165, 1.54) is 12.1 Å². The molecule has 0 aliphatic rings. The van der Waals surface area contributed by atoms with Crippen molar-refractivity contribution in [3.8, 4) is 0 Å². The summed E-state index contributed by atoms with van der Waals surface area (Å²) >= 11 is 0. The number of nitro groups is 1. The summed E-state index contributed by atoms with van der Waals surface area (Å²) in [6, 6.07) is 3.44. The molecule has 1 aromatic rings. The van der Waals surface area contributed by atoms with Gasteiger partial charge in [-0.05, 0) is 26.0 Å². The van der Waals surface area contributed by atoms with Gasteiger partial charge in [0.25, 0.3) is 5.69 Å². The summed E-state index contributed by atoms with van der Waals surface area (Å²) in [6.07, 6.45) is 0.148. The third kappa shape index (κ3) is 4.77. The van der Waals surface area contributed by atoms with Crippen molar-refractivity contribution in [1.82, 2.24) is 5.32 Å². The molecule has 0 aliphatic heterocycles. The van der Waals surface area contributed by atoms with E-state index in [1.807, 2.05) is 13.8 Å². The summed E-state index contributed by atoms with van der Waals surface area (Å²) in [6.45, 7) is 5.18. The number of benzene rings is 1. The van der Waals surface area contributed by atoms with Crippen molar-refractivity contribution in [3.63, 3.8) is 0 Å². The van der Waals surface area contributed by atoms with E-state index in [4.69, 9.17) is 4.74 Å². The highest BCUT2D eigenvalue weighted by atomic mass is 19.1. The number of nitro benzene ring substituents is 1. The Kier molecular flexibility index (Phi) is 5.67. The van der Waals surface area contributed by atoms with Gasteiger partial charge in [-0.3, -0.25) is 10.1 Å². The molecule has 0 aromatic heterocycles. The number of ether oxygens (including phenoxy) is 1. The lowest BCUT2D eigenvalue weighted by Gasteiger charge is -2.08. The summed E-state index contributed by atoms with van der Waals surface area (Å²) in [5.74, 6) is -0.476. The summed E-state index contributed by atoms with van der Waals surface area (Å²) in [5, 5.41) is 13.7. The summed E-state index contributed by atoms with van der Waals surface area (Å²) < 4.78 is 18.3. The van der Waals surface area contributed by atoms with Gasteiger partial charge < -0.3 is 10.1 Å². The maximum atomic E-state index is 13.0. The minimum absolute atomic E-state index is 0.0753. The average Bonchev–Trinajstić information content (AvgIpc) is 2.27. The van der Waals surface area contributed by atoms with Crippen LogP contribution in [0, 0.1) is 15.9 Å². The van der Waals surface area contributed by atoms with Crippen LogP contribution in [-0.4, -0.2) is 24.2 Å². The van der Waals surface area contributed by atoms with Gasteiger partial charge in [-0.2, -0.15) is 0 Å². The van der Waals surface area contributed by atoms with Gasteiger partial charge in [0.1, 0.15) is 5.82 Å². The van der Waals surface area contributed by atoms with E-state index in [2.05, 4.69) is 5.32 Å². The van der Waals surface area contributed by atoms with Gasteiger partial charge in [-0.1, -0.05) is 0 Å². The second-order valence-electron chi connectivity index (χ2n) is 4.13. The topological polar surface area (TPSA) is 64.4 Å². The number of hydrogen-bond donors (Lipinski definition) is 1. The van der Waals surface area contributed by atoms with Crippen LogP contribution in [-0.2, 0) is 11.3 Å². The Morgan fingerprint density at radius 3 is 2.83 bits per heavy atom. The van der Waals surface area contributed by atoms with Gasteiger partial charge >= 0.3 is 0 Å². The van der Waals surface area contributed by atoms with Crippen LogP contribution in [0.25, 0.3) is 0 Å². The zero-order chi connectivity index (χ0) is 13.5. The minimum atomic E-state index is -0.513. The monoisotopic (exact) mass is 256 g/mol. The Labute approximate surface area is 105 Å². The zero-order valence-electron chi connectivity index (χ0n) is 10.5. The minimum Gasteiger partial charge on any atom is -0.377 e. The van der Waals surface area contributed by atoms with E-state index in [0.717, 1.165) is 6.07 Å². The van der Waals surface area contributed by atoms with Gasteiger partial charge in [0, 0.05) is 24.7 Å². The normalized spacial score (nSPS) is 10.9. The number of halogens is 1. The van der Waals surface area contributed by atoms with Gasteiger partial charge in [0.15, 0.2) is 0 Å². The van der Waals surface area contributed by atoms with Gasteiger partial charge in [0.05, 0.1) is 17.6 Å². The molecule has 0 bridgehead atoms. The number of rotatable bonds is 7. The van der Waals surface area contributed by atoms with Crippen molar-refractivity contribution in [2.75, 3.05) is 13.2 Å². The van der Waals surface area contributed by atoms with Gasteiger partial charge in [-0.15, -0.1) is 0 Å². The first kappa shape index (κ1) is 14.5. The molecule has 0 spiro atoms. The van der Waals surface area contributed by atoms with Crippen molar-refractivity contribution in [2.24, 2.45) is 0 Å². The maximum Gasteiger partial charge on any atom is 0.274 e. The Hall–Kier alpha value is -1.53. The fourth-order valence-electron chi connectivity index (χ4n) is 1.46. The number of hydrogen-bond acceptors (Lipinski definition) is 4. The van der Waals surface area contributed by atoms with Crippen molar-refractivity contribution in [2.45, 2.75) is 26.5 Å². The molecule has 0 saturated carbocycles. The first-order valence-corrected chi connectivity index (χ1v) is 5.76. The molecule has 0 radical (unpaired) electrons. The van der Waals surface area contributed by atoms with Crippen molar-refractivity contribution < 1.29 is 14.1 Å². The van der Waals surface area contributed by atoms with Crippen LogP contribution in [0.1, 0.15) is 19.4 Å². The first-order valence-electron chi connectivity index (χ1n) is 5.76. The molecule has 5 nitrogen and oxygen atoms in total. The highest BCUT2D eigenvalue weighted by Crippen LogP contribution is 2.19. The predicted molar refractivity (Wildman–Crippen MR) is 65.8 cm³/mol. The van der Waals surface area contributed by atoms with Crippen LogP contribution in [0.4, 0.5) is 10.1 Å². The largest absolute Gasteiger partial charge is 0.377 e. The van der Waals surface area contributed by atoms with Gasteiger partial charge in [-0.25, -0.2) is 4.39 Å². The summed E-state index contributed by atoms with van der Waals surface area (Å²) in [5.41, 5.74) is 0.262. The average molecular weight is 256 g/mol. The van der Waals surface area contributed by atoms with Gasteiger partial charge in [0.2, 0.25) is 0 Å².